The van der Waals surface area contributed by atoms with Gasteiger partial charge in [0.1, 0.15) is 17.3 Å². The third-order valence-corrected chi connectivity index (χ3v) is 5.44. The van der Waals surface area contributed by atoms with Gasteiger partial charge >= 0.3 is 0 Å². The van der Waals surface area contributed by atoms with E-state index in [4.69, 9.17) is 4.74 Å². The van der Waals surface area contributed by atoms with Gasteiger partial charge in [-0.15, -0.1) is 0 Å². The fourth-order valence-electron chi connectivity index (χ4n) is 4.20. The number of carbonyl (C=O) groups excluding carboxylic acids is 1. The maximum Gasteiger partial charge on any atom is 0.143 e. The van der Waals surface area contributed by atoms with Crippen molar-refractivity contribution in [2.75, 3.05) is 0 Å². The standard InChI is InChI=1S/C23H34O2/c1-6-7-8-9-10-11-20-12-13-21(24)22(20)19(5)25-23-17(3)14-16(2)15-18(23)4/h14-15,20,22H,5-13H2,1-4H3/t20-,22+/m1/s1. The van der Waals surface area contributed by atoms with Gasteiger partial charge in [-0.25, -0.2) is 0 Å². The molecule has 0 aliphatic heterocycles. The van der Waals surface area contributed by atoms with Crippen LogP contribution in [0.5, 0.6) is 5.75 Å². The summed E-state index contributed by atoms with van der Waals surface area (Å²) in [6.45, 7) is 12.6. The van der Waals surface area contributed by atoms with Crippen LogP contribution in [0.15, 0.2) is 24.5 Å². The fourth-order valence-corrected chi connectivity index (χ4v) is 4.20. The molecular weight excluding hydrogens is 308 g/mol. The Morgan fingerprint density at radius 1 is 1.12 bits per heavy atom. The van der Waals surface area contributed by atoms with Crippen molar-refractivity contribution in [3.63, 3.8) is 0 Å². The molecular formula is C23H34O2. The van der Waals surface area contributed by atoms with Gasteiger partial charge < -0.3 is 4.74 Å². The van der Waals surface area contributed by atoms with Crippen LogP contribution in [0.25, 0.3) is 0 Å². The molecule has 25 heavy (non-hydrogen) atoms. The number of carbonyl (C=O) groups is 1. The van der Waals surface area contributed by atoms with Crippen LogP contribution in [0, 0.1) is 32.6 Å². The van der Waals surface area contributed by atoms with Crippen LogP contribution < -0.4 is 4.74 Å². The van der Waals surface area contributed by atoms with Gasteiger partial charge in [0.15, 0.2) is 0 Å². The van der Waals surface area contributed by atoms with Gasteiger partial charge in [0.05, 0.1) is 5.92 Å². The highest BCUT2D eigenvalue weighted by atomic mass is 16.5. The van der Waals surface area contributed by atoms with Crippen molar-refractivity contribution >= 4 is 5.78 Å². The molecule has 1 fully saturated rings. The second-order valence-corrected chi connectivity index (χ2v) is 7.74. The van der Waals surface area contributed by atoms with E-state index < -0.39 is 0 Å². The molecule has 0 radical (unpaired) electrons. The van der Waals surface area contributed by atoms with Gasteiger partial charge in [-0.2, -0.15) is 0 Å². The number of ether oxygens (including phenoxy) is 1. The molecule has 1 aromatic carbocycles. The molecule has 0 saturated heterocycles. The molecule has 2 heteroatoms. The first kappa shape index (κ1) is 19.8. The number of aryl methyl sites for hydroxylation is 3. The van der Waals surface area contributed by atoms with Crippen LogP contribution in [0.4, 0.5) is 0 Å². The largest absolute Gasteiger partial charge is 0.461 e. The van der Waals surface area contributed by atoms with E-state index in [0.29, 0.717) is 23.9 Å². The lowest BCUT2D eigenvalue weighted by molar-refractivity contribution is -0.120. The van der Waals surface area contributed by atoms with Crippen LogP contribution in [0.3, 0.4) is 0 Å². The average Bonchev–Trinajstić information content (AvgIpc) is 2.91. The summed E-state index contributed by atoms with van der Waals surface area (Å²) < 4.78 is 6.15. The number of hydrogen-bond acceptors (Lipinski definition) is 2. The SMILES string of the molecule is C=C(Oc1c(C)cc(C)cc1C)[C@@H]1C(=O)CC[C@H]1CCCCCCC. The van der Waals surface area contributed by atoms with Crippen molar-refractivity contribution in [1.29, 1.82) is 0 Å². The van der Waals surface area contributed by atoms with Crippen molar-refractivity contribution in [2.24, 2.45) is 11.8 Å². The second kappa shape index (κ2) is 9.22. The minimum atomic E-state index is -0.119. The van der Waals surface area contributed by atoms with E-state index >= 15 is 0 Å². The molecule has 0 bridgehead atoms. The molecule has 0 unspecified atom stereocenters. The first-order chi connectivity index (χ1) is 11.9. The van der Waals surface area contributed by atoms with Gasteiger partial charge in [0.2, 0.25) is 0 Å². The van der Waals surface area contributed by atoms with Gasteiger partial charge in [-0.05, 0) is 50.7 Å². The molecule has 1 aliphatic rings. The van der Waals surface area contributed by atoms with Crippen LogP contribution in [0.2, 0.25) is 0 Å². The smallest absolute Gasteiger partial charge is 0.143 e. The summed E-state index contributed by atoms with van der Waals surface area (Å²) in [4.78, 5) is 12.4. The van der Waals surface area contributed by atoms with Crippen LogP contribution in [-0.4, -0.2) is 5.78 Å². The fraction of sp³-hybridized carbons (Fsp3) is 0.609. The Labute approximate surface area is 153 Å². The monoisotopic (exact) mass is 342 g/mol. The van der Waals surface area contributed by atoms with Gasteiger partial charge in [0.25, 0.3) is 0 Å². The highest BCUT2D eigenvalue weighted by molar-refractivity contribution is 5.85. The summed E-state index contributed by atoms with van der Waals surface area (Å²) in [7, 11) is 0. The molecule has 0 spiro atoms. The Morgan fingerprint density at radius 3 is 2.40 bits per heavy atom. The number of rotatable bonds is 9. The molecule has 1 saturated carbocycles. The number of unbranched alkanes of at least 4 members (excludes halogenated alkanes) is 4. The molecule has 2 nitrogen and oxygen atoms in total. The Hall–Kier alpha value is -1.57. The zero-order chi connectivity index (χ0) is 18.4. The van der Waals surface area contributed by atoms with Crippen molar-refractivity contribution < 1.29 is 9.53 Å². The predicted octanol–water partition coefficient (Wildman–Crippen LogP) is 6.46. The molecule has 1 aliphatic carbocycles. The van der Waals surface area contributed by atoms with Crippen molar-refractivity contribution in [2.45, 2.75) is 79.1 Å². The molecule has 2 rings (SSSR count). The number of allylic oxidation sites excluding steroid dienone is 1. The summed E-state index contributed by atoms with van der Waals surface area (Å²) in [5, 5.41) is 0. The van der Waals surface area contributed by atoms with E-state index in [1.165, 1.54) is 37.7 Å². The van der Waals surface area contributed by atoms with Crippen molar-refractivity contribution in [1.82, 2.24) is 0 Å². The molecule has 0 amide bonds. The highest BCUT2D eigenvalue weighted by Crippen LogP contribution is 2.39. The Kier molecular flexibility index (Phi) is 7.28. The number of hydrogen-bond donors (Lipinski definition) is 0. The van der Waals surface area contributed by atoms with Crippen LogP contribution >= 0.6 is 0 Å². The predicted molar refractivity (Wildman–Crippen MR) is 105 cm³/mol. The van der Waals surface area contributed by atoms with E-state index in [1.807, 2.05) is 0 Å². The maximum atomic E-state index is 12.4. The quantitative estimate of drug-likeness (QED) is 0.380. The van der Waals surface area contributed by atoms with Crippen molar-refractivity contribution in [3.05, 3.63) is 41.2 Å². The van der Waals surface area contributed by atoms with E-state index in [2.05, 4.69) is 46.4 Å². The van der Waals surface area contributed by atoms with Gasteiger partial charge in [0, 0.05) is 6.42 Å². The van der Waals surface area contributed by atoms with E-state index in [0.717, 1.165) is 29.7 Å². The molecule has 0 heterocycles. The number of Topliss-reactive ketones (excluding diaryl/α,β-unsaturated/α-hetero) is 1. The Morgan fingerprint density at radius 2 is 1.76 bits per heavy atom. The summed E-state index contributed by atoms with van der Waals surface area (Å²) in [5.74, 6) is 2.12. The third kappa shape index (κ3) is 5.20. The third-order valence-electron chi connectivity index (χ3n) is 5.44. The minimum absolute atomic E-state index is 0.119. The van der Waals surface area contributed by atoms with Crippen LogP contribution in [-0.2, 0) is 4.79 Å². The number of ketones is 1. The highest BCUT2D eigenvalue weighted by Gasteiger charge is 2.37. The number of benzene rings is 1. The zero-order valence-electron chi connectivity index (χ0n) is 16.5. The van der Waals surface area contributed by atoms with E-state index in [1.54, 1.807) is 0 Å². The molecule has 0 aromatic heterocycles. The first-order valence-corrected chi connectivity index (χ1v) is 9.91. The van der Waals surface area contributed by atoms with Crippen molar-refractivity contribution in [3.8, 4) is 5.75 Å². The van der Waals surface area contributed by atoms with Crippen LogP contribution in [0.1, 0.15) is 75.0 Å². The van der Waals surface area contributed by atoms with Gasteiger partial charge in [-0.3, -0.25) is 4.79 Å². The van der Waals surface area contributed by atoms with Gasteiger partial charge in [-0.1, -0.05) is 63.3 Å². The lowest BCUT2D eigenvalue weighted by atomic mass is 9.89. The lowest BCUT2D eigenvalue weighted by Crippen LogP contribution is -2.20. The Balaban J connectivity index is 1.99. The molecule has 1 aromatic rings. The molecule has 138 valence electrons. The normalized spacial score (nSPS) is 20.1. The topological polar surface area (TPSA) is 26.3 Å². The summed E-state index contributed by atoms with van der Waals surface area (Å²) in [5.41, 5.74) is 3.45. The average molecular weight is 343 g/mol. The first-order valence-electron chi connectivity index (χ1n) is 9.91. The summed E-state index contributed by atoms with van der Waals surface area (Å²) >= 11 is 0. The maximum absolute atomic E-state index is 12.4. The zero-order valence-corrected chi connectivity index (χ0v) is 16.5. The minimum Gasteiger partial charge on any atom is -0.461 e. The van der Waals surface area contributed by atoms with E-state index in [9.17, 15) is 4.79 Å². The summed E-state index contributed by atoms with van der Waals surface area (Å²) in [6, 6.07) is 4.24. The summed E-state index contributed by atoms with van der Waals surface area (Å²) in [6.07, 6.45) is 9.16. The lowest BCUT2D eigenvalue weighted by Gasteiger charge is -2.22. The second-order valence-electron chi connectivity index (χ2n) is 7.74. The van der Waals surface area contributed by atoms with E-state index in [-0.39, 0.29) is 5.92 Å². The Bertz CT molecular complexity index is 592. The molecule has 2 atom stereocenters. The molecule has 0 N–H and O–H groups in total.